The number of alkyl halides is 3. The lowest BCUT2D eigenvalue weighted by Crippen LogP contribution is -2.56. The molecule has 7 nitrogen and oxygen atoms in total. The standard InChI is InChI=1S/C14H23F3N6O.HI/c1-10(14(15,16)17)22-6-8-23(9-7-22)13(18-3)19-5-4-12-20-11(2)21-24-12;/h10H,4-9H2,1-3H3,(H,18,19);1H. The summed E-state index contributed by atoms with van der Waals surface area (Å²) in [4.78, 5) is 11.7. The van der Waals surface area contributed by atoms with Gasteiger partial charge in [-0.25, -0.2) is 0 Å². The van der Waals surface area contributed by atoms with Gasteiger partial charge in [0.25, 0.3) is 0 Å². The Morgan fingerprint density at radius 3 is 2.44 bits per heavy atom. The van der Waals surface area contributed by atoms with E-state index in [0.29, 0.717) is 56.8 Å². The van der Waals surface area contributed by atoms with Crippen LogP contribution in [-0.2, 0) is 6.42 Å². The summed E-state index contributed by atoms with van der Waals surface area (Å²) in [6.45, 7) is 5.22. The highest BCUT2D eigenvalue weighted by Gasteiger charge is 2.41. The molecule has 1 fully saturated rings. The van der Waals surface area contributed by atoms with Crippen LogP contribution in [0, 0.1) is 6.92 Å². The van der Waals surface area contributed by atoms with Crippen molar-refractivity contribution in [3.8, 4) is 0 Å². The molecule has 0 spiro atoms. The minimum absolute atomic E-state index is 0. The molecule has 1 aromatic rings. The maximum Gasteiger partial charge on any atom is 0.403 e. The molecule has 25 heavy (non-hydrogen) atoms. The summed E-state index contributed by atoms with van der Waals surface area (Å²) in [5.41, 5.74) is 0. The first kappa shape index (κ1) is 21.9. The smallest absolute Gasteiger partial charge is 0.356 e. The van der Waals surface area contributed by atoms with Gasteiger partial charge in [0.1, 0.15) is 6.04 Å². The lowest BCUT2D eigenvalue weighted by Gasteiger charge is -2.39. The van der Waals surface area contributed by atoms with Crippen LogP contribution >= 0.6 is 24.0 Å². The van der Waals surface area contributed by atoms with Crippen molar-refractivity contribution in [2.45, 2.75) is 32.5 Å². The maximum atomic E-state index is 12.8. The topological polar surface area (TPSA) is 69.8 Å². The molecule has 1 aliphatic heterocycles. The molecule has 0 amide bonds. The highest BCUT2D eigenvalue weighted by Crippen LogP contribution is 2.25. The van der Waals surface area contributed by atoms with Crippen molar-refractivity contribution in [2.75, 3.05) is 39.8 Å². The molecule has 0 radical (unpaired) electrons. The van der Waals surface area contributed by atoms with Gasteiger partial charge >= 0.3 is 6.18 Å². The highest BCUT2D eigenvalue weighted by atomic mass is 127. The van der Waals surface area contributed by atoms with Gasteiger partial charge < -0.3 is 14.7 Å². The molecule has 11 heteroatoms. The molecule has 1 unspecified atom stereocenters. The van der Waals surface area contributed by atoms with E-state index in [0.717, 1.165) is 0 Å². The van der Waals surface area contributed by atoms with Crippen LogP contribution in [-0.4, -0.2) is 77.9 Å². The quantitative estimate of drug-likeness (QED) is 0.406. The number of halogens is 4. The van der Waals surface area contributed by atoms with E-state index in [4.69, 9.17) is 4.52 Å². The largest absolute Gasteiger partial charge is 0.403 e. The molecule has 1 saturated heterocycles. The second kappa shape index (κ2) is 9.55. The predicted octanol–water partition coefficient (Wildman–Crippen LogP) is 1.68. The van der Waals surface area contributed by atoms with Crippen molar-refractivity contribution in [3.63, 3.8) is 0 Å². The fourth-order valence-corrected chi connectivity index (χ4v) is 2.58. The highest BCUT2D eigenvalue weighted by molar-refractivity contribution is 14.0. The van der Waals surface area contributed by atoms with Gasteiger partial charge in [0.05, 0.1) is 0 Å². The van der Waals surface area contributed by atoms with Gasteiger partial charge in [-0.05, 0) is 13.8 Å². The number of hydrogen-bond acceptors (Lipinski definition) is 5. The molecule has 2 rings (SSSR count). The van der Waals surface area contributed by atoms with Crippen LogP contribution in [0.4, 0.5) is 13.2 Å². The normalized spacial score (nSPS) is 18.0. The molecule has 0 aromatic carbocycles. The van der Waals surface area contributed by atoms with Crippen LogP contribution in [0.25, 0.3) is 0 Å². The molecule has 2 heterocycles. The number of guanidine groups is 1. The lowest BCUT2D eigenvalue weighted by atomic mass is 10.2. The number of rotatable bonds is 4. The second-order valence-electron chi connectivity index (χ2n) is 5.70. The number of nitrogens with zero attached hydrogens (tertiary/aromatic N) is 5. The van der Waals surface area contributed by atoms with E-state index in [9.17, 15) is 13.2 Å². The molecule has 1 aliphatic rings. The Hall–Kier alpha value is -1.11. The first-order valence-corrected chi connectivity index (χ1v) is 7.87. The van der Waals surface area contributed by atoms with Crippen LogP contribution in [0.2, 0.25) is 0 Å². The van der Waals surface area contributed by atoms with Crippen molar-refractivity contribution in [1.82, 2.24) is 25.3 Å². The molecule has 1 atom stereocenters. The average Bonchev–Trinajstić information content (AvgIpc) is 2.96. The van der Waals surface area contributed by atoms with Crippen LogP contribution in [0.1, 0.15) is 18.6 Å². The molecule has 0 aliphatic carbocycles. The van der Waals surface area contributed by atoms with Crippen LogP contribution in [0.15, 0.2) is 9.52 Å². The van der Waals surface area contributed by atoms with E-state index in [-0.39, 0.29) is 24.0 Å². The van der Waals surface area contributed by atoms with Crippen molar-refractivity contribution in [1.29, 1.82) is 0 Å². The number of aliphatic imine (C=N–C) groups is 1. The van der Waals surface area contributed by atoms with E-state index in [1.807, 2.05) is 4.90 Å². The van der Waals surface area contributed by atoms with Gasteiger partial charge in [-0.15, -0.1) is 24.0 Å². The fourth-order valence-electron chi connectivity index (χ4n) is 2.58. The molecule has 144 valence electrons. The van der Waals surface area contributed by atoms with Crippen molar-refractivity contribution in [2.24, 2.45) is 4.99 Å². The van der Waals surface area contributed by atoms with Crippen LogP contribution in [0.5, 0.6) is 0 Å². The second-order valence-corrected chi connectivity index (χ2v) is 5.70. The van der Waals surface area contributed by atoms with Gasteiger partial charge in [0, 0.05) is 46.2 Å². The Kier molecular flexibility index (Phi) is 8.38. The molecule has 0 saturated carbocycles. The monoisotopic (exact) mass is 476 g/mol. The van der Waals surface area contributed by atoms with Gasteiger partial charge in [-0.1, -0.05) is 5.16 Å². The molecule has 1 N–H and O–H groups in total. The minimum Gasteiger partial charge on any atom is -0.356 e. The predicted molar refractivity (Wildman–Crippen MR) is 98.2 cm³/mol. The number of aryl methyl sites for hydroxylation is 1. The van der Waals surface area contributed by atoms with Gasteiger partial charge in [0.2, 0.25) is 5.89 Å². The molecule has 1 aromatic heterocycles. The number of nitrogens with one attached hydrogen (secondary N) is 1. The third kappa shape index (κ3) is 6.28. The summed E-state index contributed by atoms with van der Waals surface area (Å²) < 4.78 is 43.4. The van der Waals surface area contributed by atoms with Crippen molar-refractivity contribution < 1.29 is 17.7 Å². The SMILES string of the molecule is CN=C(NCCc1nc(C)no1)N1CCN(C(C)C(F)(F)F)CC1.I. The Morgan fingerprint density at radius 1 is 1.32 bits per heavy atom. The van der Waals surface area contributed by atoms with Gasteiger partial charge in [-0.2, -0.15) is 18.2 Å². The zero-order valence-corrected chi connectivity index (χ0v) is 16.8. The fraction of sp³-hybridized carbons (Fsp3) is 0.786. The molecular formula is C14H24F3IN6O. The summed E-state index contributed by atoms with van der Waals surface area (Å²) in [5.74, 6) is 1.80. The van der Waals surface area contributed by atoms with Gasteiger partial charge in [-0.3, -0.25) is 9.89 Å². The van der Waals surface area contributed by atoms with Crippen molar-refractivity contribution >= 4 is 29.9 Å². The van der Waals surface area contributed by atoms with Crippen LogP contribution in [0.3, 0.4) is 0 Å². The summed E-state index contributed by atoms with van der Waals surface area (Å²) in [6, 6.07) is -1.42. The van der Waals surface area contributed by atoms with E-state index in [1.54, 1.807) is 14.0 Å². The van der Waals surface area contributed by atoms with E-state index >= 15 is 0 Å². The summed E-state index contributed by atoms with van der Waals surface area (Å²) in [5, 5.41) is 6.90. The summed E-state index contributed by atoms with van der Waals surface area (Å²) in [7, 11) is 1.66. The zero-order chi connectivity index (χ0) is 17.7. The number of hydrogen-bond donors (Lipinski definition) is 1. The summed E-state index contributed by atoms with van der Waals surface area (Å²) >= 11 is 0. The first-order valence-electron chi connectivity index (χ1n) is 7.87. The molecule has 0 bridgehead atoms. The third-order valence-electron chi connectivity index (χ3n) is 4.04. The summed E-state index contributed by atoms with van der Waals surface area (Å²) in [6.07, 6.45) is -3.63. The maximum absolute atomic E-state index is 12.8. The Labute approximate surface area is 162 Å². The number of piperazine rings is 1. The van der Waals surface area contributed by atoms with Crippen molar-refractivity contribution in [3.05, 3.63) is 11.7 Å². The Balaban J connectivity index is 0.00000312. The minimum atomic E-state index is -4.19. The Morgan fingerprint density at radius 2 is 1.96 bits per heavy atom. The van der Waals surface area contributed by atoms with Crippen LogP contribution < -0.4 is 5.32 Å². The zero-order valence-electron chi connectivity index (χ0n) is 14.5. The first-order chi connectivity index (χ1) is 11.3. The number of aromatic nitrogens is 2. The Bertz CT molecular complexity index is 557. The van der Waals surface area contributed by atoms with Gasteiger partial charge in [0.15, 0.2) is 11.8 Å². The van der Waals surface area contributed by atoms with E-state index in [1.165, 1.54) is 11.8 Å². The third-order valence-corrected chi connectivity index (χ3v) is 4.04. The lowest BCUT2D eigenvalue weighted by molar-refractivity contribution is -0.181. The van der Waals surface area contributed by atoms with E-state index in [2.05, 4.69) is 20.4 Å². The average molecular weight is 476 g/mol. The van der Waals surface area contributed by atoms with E-state index < -0.39 is 12.2 Å². The molecular weight excluding hydrogens is 452 g/mol.